The fourth-order valence-corrected chi connectivity index (χ4v) is 5.00. The summed E-state index contributed by atoms with van der Waals surface area (Å²) in [5.74, 6) is 0.544. The molecule has 11 heteroatoms. The van der Waals surface area contributed by atoms with E-state index in [9.17, 15) is 18.0 Å². The van der Waals surface area contributed by atoms with Crippen LogP contribution < -0.4 is 10.5 Å². The molecule has 5 rings (SSSR count). The quantitative estimate of drug-likeness (QED) is 0.422. The van der Waals surface area contributed by atoms with Crippen LogP contribution in [0.5, 0.6) is 0 Å². The number of hydrogen-bond donors (Lipinski definition) is 1. The zero-order valence-electron chi connectivity index (χ0n) is 21.8. The predicted molar refractivity (Wildman–Crippen MR) is 139 cm³/mol. The van der Waals surface area contributed by atoms with Gasteiger partial charge in [-0.3, -0.25) is 9.69 Å². The van der Waals surface area contributed by atoms with Crippen LogP contribution in [-0.2, 0) is 11.7 Å². The number of alkyl halides is 3. The zero-order chi connectivity index (χ0) is 27.2. The molecule has 0 unspecified atom stereocenters. The van der Waals surface area contributed by atoms with Gasteiger partial charge in [-0.2, -0.15) is 13.2 Å². The van der Waals surface area contributed by atoms with Crippen LogP contribution in [0.4, 0.5) is 18.9 Å². The largest absolute Gasteiger partial charge is 0.416 e. The summed E-state index contributed by atoms with van der Waals surface area (Å²) >= 11 is 0. The summed E-state index contributed by atoms with van der Waals surface area (Å²) < 4.78 is 41.6. The van der Waals surface area contributed by atoms with E-state index in [1.165, 1.54) is 12.1 Å². The van der Waals surface area contributed by atoms with Gasteiger partial charge >= 0.3 is 6.18 Å². The van der Waals surface area contributed by atoms with Crippen molar-refractivity contribution in [1.82, 2.24) is 30.1 Å². The van der Waals surface area contributed by atoms with E-state index in [2.05, 4.69) is 25.4 Å². The number of tetrazole rings is 1. The number of aromatic amines is 1. The highest BCUT2D eigenvalue weighted by atomic mass is 19.4. The smallest absolute Gasteiger partial charge is 0.369 e. The van der Waals surface area contributed by atoms with Crippen LogP contribution in [0.25, 0.3) is 10.9 Å². The fourth-order valence-electron chi connectivity index (χ4n) is 5.00. The Bertz CT molecular complexity index is 1510. The summed E-state index contributed by atoms with van der Waals surface area (Å²) in [5, 5.41) is 13.4. The maximum atomic E-state index is 13.4. The van der Waals surface area contributed by atoms with E-state index < -0.39 is 23.3 Å². The van der Waals surface area contributed by atoms with E-state index in [1.807, 2.05) is 56.9 Å². The van der Waals surface area contributed by atoms with Crippen molar-refractivity contribution < 1.29 is 13.2 Å². The molecule has 3 heterocycles. The number of hydrogen-bond acceptors (Lipinski definition) is 6. The summed E-state index contributed by atoms with van der Waals surface area (Å²) in [4.78, 5) is 20.5. The van der Waals surface area contributed by atoms with E-state index in [4.69, 9.17) is 0 Å². The van der Waals surface area contributed by atoms with Crippen molar-refractivity contribution >= 4 is 16.6 Å². The molecule has 0 saturated carbocycles. The first-order chi connectivity index (χ1) is 17.9. The summed E-state index contributed by atoms with van der Waals surface area (Å²) in [5.41, 5.74) is 1.53. The number of nitrogens with zero attached hydrogens (tertiary/aromatic N) is 6. The van der Waals surface area contributed by atoms with Gasteiger partial charge in [-0.05, 0) is 79.9 Å². The Kier molecular flexibility index (Phi) is 6.50. The van der Waals surface area contributed by atoms with Gasteiger partial charge in [0, 0.05) is 42.9 Å². The molecule has 1 fully saturated rings. The Hall–Kier alpha value is -3.73. The molecule has 1 aliphatic heterocycles. The lowest BCUT2D eigenvalue weighted by molar-refractivity contribution is -0.137. The standard InChI is InChI=1S/C27H30F3N7O/c1-17-8-9-22-18(14-17)15-21(25(38)31-22)23(24-32-33-34-37(24)26(2,3)4)36-12-10-35(11-13-36)20-7-5-6-19(16-20)27(28,29)30/h5-9,14-16,23H,10-13H2,1-4H3,(H,31,38)/t23-/m0/s1. The minimum absolute atomic E-state index is 0.227. The molecule has 1 aliphatic rings. The third kappa shape index (κ3) is 5.02. The molecule has 1 saturated heterocycles. The van der Waals surface area contributed by atoms with Gasteiger partial charge in [-0.1, -0.05) is 17.7 Å². The topological polar surface area (TPSA) is 82.9 Å². The molecular weight excluding hydrogens is 495 g/mol. The van der Waals surface area contributed by atoms with Gasteiger partial charge in [0.05, 0.1) is 11.1 Å². The molecule has 38 heavy (non-hydrogen) atoms. The number of aryl methyl sites for hydroxylation is 1. The molecule has 1 N–H and O–H groups in total. The molecule has 200 valence electrons. The van der Waals surface area contributed by atoms with Crippen molar-refractivity contribution in [3.63, 3.8) is 0 Å². The number of piperazine rings is 1. The second-order valence-electron chi connectivity index (χ2n) is 10.7. The van der Waals surface area contributed by atoms with E-state index in [0.717, 1.165) is 22.5 Å². The molecule has 1 atom stereocenters. The lowest BCUT2D eigenvalue weighted by Crippen LogP contribution is -2.49. The summed E-state index contributed by atoms with van der Waals surface area (Å²) in [7, 11) is 0. The van der Waals surface area contributed by atoms with E-state index >= 15 is 0 Å². The van der Waals surface area contributed by atoms with Crippen molar-refractivity contribution in [2.45, 2.75) is 45.5 Å². The summed E-state index contributed by atoms with van der Waals surface area (Å²) in [6, 6.07) is 12.6. The first-order valence-electron chi connectivity index (χ1n) is 12.5. The lowest BCUT2D eigenvalue weighted by atomic mass is 10.0. The molecule has 0 radical (unpaired) electrons. The van der Waals surface area contributed by atoms with Crippen LogP contribution in [0.15, 0.2) is 53.3 Å². The second-order valence-corrected chi connectivity index (χ2v) is 10.7. The van der Waals surface area contributed by atoms with E-state index in [0.29, 0.717) is 43.3 Å². The Morgan fingerprint density at radius 3 is 2.39 bits per heavy atom. The van der Waals surface area contributed by atoms with Crippen LogP contribution >= 0.6 is 0 Å². The van der Waals surface area contributed by atoms with Gasteiger partial charge in [0.2, 0.25) is 0 Å². The highest BCUT2D eigenvalue weighted by molar-refractivity contribution is 5.79. The van der Waals surface area contributed by atoms with E-state index in [-0.39, 0.29) is 5.56 Å². The van der Waals surface area contributed by atoms with Gasteiger partial charge in [-0.15, -0.1) is 5.10 Å². The Morgan fingerprint density at radius 1 is 0.974 bits per heavy atom. The summed E-state index contributed by atoms with van der Waals surface area (Å²) in [6.07, 6.45) is -4.40. The number of rotatable bonds is 4. The predicted octanol–water partition coefficient (Wildman–Crippen LogP) is 4.51. The number of nitrogens with one attached hydrogen (secondary N) is 1. The highest BCUT2D eigenvalue weighted by Crippen LogP contribution is 2.34. The third-order valence-electron chi connectivity index (χ3n) is 6.91. The van der Waals surface area contributed by atoms with Crippen LogP contribution in [0.2, 0.25) is 0 Å². The molecule has 2 aromatic carbocycles. The van der Waals surface area contributed by atoms with Crippen molar-refractivity contribution in [2.24, 2.45) is 0 Å². The SMILES string of the molecule is Cc1ccc2[nH]c(=O)c([C@@H](c3nnnn3C(C)(C)C)N3CCN(c4cccc(C(F)(F)F)c4)CC3)cc2c1. The van der Waals surface area contributed by atoms with Crippen molar-refractivity contribution in [3.05, 3.63) is 81.4 Å². The molecule has 4 aromatic rings. The molecule has 0 amide bonds. The van der Waals surface area contributed by atoms with Gasteiger partial charge in [0.1, 0.15) is 6.04 Å². The van der Waals surface area contributed by atoms with Gasteiger partial charge in [0.15, 0.2) is 5.82 Å². The number of halogens is 3. The molecular formula is C27H30F3N7O. The van der Waals surface area contributed by atoms with Crippen LogP contribution in [0, 0.1) is 6.92 Å². The minimum atomic E-state index is -4.40. The van der Waals surface area contributed by atoms with Crippen molar-refractivity contribution in [3.8, 4) is 0 Å². The Morgan fingerprint density at radius 2 is 1.71 bits per heavy atom. The number of fused-ring (bicyclic) bond motifs is 1. The Labute approximate surface area is 218 Å². The molecule has 2 aromatic heterocycles. The van der Waals surface area contributed by atoms with Crippen LogP contribution in [0.1, 0.15) is 49.3 Å². The summed E-state index contributed by atoms with van der Waals surface area (Å²) in [6.45, 7) is 9.94. The molecule has 0 spiro atoms. The second kappa shape index (κ2) is 9.54. The normalized spacial score (nSPS) is 16.2. The monoisotopic (exact) mass is 525 g/mol. The first-order valence-corrected chi connectivity index (χ1v) is 12.5. The van der Waals surface area contributed by atoms with Gasteiger partial charge in [-0.25, -0.2) is 4.68 Å². The number of pyridine rings is 1. The van der Waals surface area contributed by atoms with Gasteiger partial charge in [0.25, 0.3) is 5.56 Å². The van der Waals surface area contributed by atoms with Crippen molar-refractivity contribution in [2.75, 3.05) is 31.1 Å². The average Bonchev–Trinajstić information content (AvgIpc) is 3.35. The van der Waals surface area contributed by atoms with Gasteiger partial charge < -0.3 is 9.88 Å². The molecule has 8 nitrogen and oxygen atoms in total. The lowest BCUT2D eigenvalue weighted by Gasteiger charge is -2.40. The number of aromatic nitrogens is 5. The van der Waals surface area contributed by atoms with Crippen LogP contribution in [-0.4, -0.2) is 56.3 Å². The minimum Gasteiger partial charge on any atom is -0.369 e. The fraction of sp³-hybridized carbons (Fsp3) is 0.407. The van der Waals surface area contributed by atoms with Crippen LogP contribution in [0.3, 0.4) is 0 Å². The highest BCUT2D eigenvalue weighted by Gasteiger charge is 2.36. The average molecular weight is 526 g/mol. The molecule has 0 aliphatic carbocycles. The maximum absolute atomic E-state index is 13.4. The van der Waals surface area contributed by atoms with E-state index in [1.54, 1.807) is 10.7 Å². The molecule has 0 bridgehead atoms. The Balaban J connectivity index is 1.52. The third-order valence-corrected chi connectivity index (χ3v) is 6.91. The number of benzene rings is 2. The maximum Gasteiger partial charge on any atom is 0.416 e. The number of anilines is 1. The van der Waals surface area contributed by atoms with Crippen molar-refractivity contribution in [1.29, 1.82) is 0 Å². The zero-order valence-corrected chi connectivity index (χ0v) is 21.8. The first kappa shape index (κ1) is 25.9. The number of H-pyrrole nitrogens is 1.